The van der Waals surface area contributed by atoms with Crippen molar-refractivity contribution in [1.29, 1.82) is 0 Å². The van der Waals surface area contributed by atoms with Crippen LogP contribution in [-0.4, -0.2) is 23.5 Å². The van der Waals surface area contributed by atoms with Gasteiger partial charge in [-0.1, -0.05) is 30.9 Å². The van der Waals surface area contributed by atoms with Gasteiger partial charge in [0, 0.05) is 18.4 Å². The van der Waals surface area contributed by atoms with Crippen LogP contribution in [0.2, 0.25) is 0 Å². The van der Waals surface area contributed by atoms with Gasteiger partial charge in [0.15, 0.2) is 5.78 Å². The van der Waals surface area contributed by atoms with Crippen molar-refractivity contribution in [1.82, 2.24) is 0 Å². The first-order valence-electron chi connectivity index (χ1n) is 7.45. The second-order valence-corrected chi connectivity index (χ2v) is 5.17. The number of aliphatic carboxylic acids is 1. The third kappa shape index (κ3) is 3.85. The Morgan fingerprint density at radius 3 is 2.86 bits per heavy atom. The third-order valence-electron chi connectivity index (χ3n) is 3.63. The number of rotatable bonds is 5. The van der Waals surface area contributed by atoms with E-state index in [2.05, 4.69) is 12.7 Å². The van der Waals surface area contributed by atoms with E-state index in [-0.39, 0.29) is 12.2 Å². The maximum absolute atomic E-state index is 12.7. The summed E-state index contributed by atoms with van der Waals surface area (Å²) in [7, 11) is 0. The fourth-order valence-electron chi connectivity index (χ4n) is 2.54. The highest BCUT2D eigenvalue weighted by Crippen LogP contribution is 2.29. The van der Waals surface area contributed by atoms with E-state index in [1.807, 2.05) is 6.08 Å². The quantitative estimate of drug-likeness (QED) is 0.844. The molecule has 0 saturated heterocycles. The van der Waals surface area contributed by atoms with Gasteiger partial charge < -0.3 is 9.84 Å². The first-order valence-corrected chi connectivity index (χ1v) is 7.45. The van der Waals surface area contributed by atoms with Crippen LogP contribution in [0.25, 0.3) is 0 Å². The molecule has 0 saturated carbocycles. The van der Waals surface area contributed by atoms with Gasteiger partial charge in [0.05, 0.1) is 12.2 Å². The molecule has 22 heavy (non-hydrogen) atoms. The Labute approximate surface area is 130 Å². The van der Waals surface area contributed by atoms with Crippen molar-refractivity contribution in [3.63, 3.8) is 0 Å². The van der Waals surface area contributed by atoms with Crippen LogP contribution in [0, 0.1) is 0 Å². The molecule has 1 aliphatic carbocycles. The number of ether oxygens (including phenoxy) is 1. The highest BCUT2D eigenvalue weighted by atomic mass is 16.5. The summed E-state index contributed by atoms with van der Waals surface area (Å²) in [6.07, 6.45) is 12.0. The lowest BCUT2D eigenvalue weighted by molar-refractivity contribution is -0.136. The van der Waals surface area contributed by atoms with Gasteiger partial charge in [-0.05, 0) is 30.9 Å². The molecule has 116 valence electrons. The van der Waals surface area contributed by atoms with Gasteiger partial charge in [0.25, 0.3) is 0 Å². The topological polar surface area (TPSA) is 63.6 Å². The molecule has 0 unspecified atom stereocenters. The summed E-state index contributed by atoms with van der Waals surface area (Å²) in [6.45, 7) is 4.21. The zero-order chi connectivity index (χ0) is 15.9. The molecule has 0 aromatic carbocycles. The summed E-state index contributed by atoms with van der Waals surface area (Å²) in [4.78, 5) is 23.2. The summed E-state index contributed by atoms with van der Waals surface area (Å²) in [5, 5.41) is 8.64. The molecule has 0 atom stereocenters. The highest BCUT2D eigenvalue weighted by molar-refractivity contribution is 6.13. The van der Waals surface area contributed by atoms with Crippen molar-refractivity contribution in [3.05, 3.63) is 59.4 Å². The number of carbonyl (C=O) groups is 2. The van der Waals surface area contributed by atoms with Gasteiger partial charge in [0.2, 0.25) is 0 Å². The lowest BCUT2D eigenvalue weighted by Gasteiger charge is -2.21. The van der Waals surface area contributed by atoms with Crippen molar-refractivity contribution in [2.75, 3.05) is 6.61 Å². The lowest BCUT2D eigenvalue weighted by atomic mass is 9.88. The molecule has 0 amide bonds. The van der Waals surface area contributed by atoms with Crippen molar-refractivity contribution in [3.8, 4) is 0 Å². The standard InChI is InChI=1S/C18H20O4/c1-2-14-16(9-5-6-10-17(19)20)22-12-11-13-7-3-4-8-15(13)18(14)21/h2,5,7-9H,1,3-4,6,10-12H2,(H,19,20)/b9-5-,16-14-. The molecule has 4 heteroatoms. The molecule has 0 fully saturated rings. The van der Waals surface area contributed by atoms with Crippen LogP contribution >= 0.6 is 0 Å². The Bertz CT molecular complexity index is 603. The molecule has 0 bridgehead atoms. The van der Waals surface area contributed by atoms with Gasteiger partial charge >= 0.3 is 5.97 Å². The van der Waals surface area contributed by atoms with E-state index >= 15 is 0 Å². The van der Waals surface area contributed by atoms with Gasteiger partial charge in [-0.15, -0.1) is 0 Å². The number of fused-ring (bicyclic) bond motifs is 1. The molecule has 0 radical (unpaired) electrons. The van der Waals surface area contributed by atoms with Crippen molar-refractivity contribution in [2.24, 2.45) is 0 Å². The summed E-state index contributed by atoms with van der Waals surface area (Å²) in [6, 6.07) is 0. The molecule has 1 heterocycles. The Balaban J connectivity index is 2.26. The predicted octanol–water partition coefficient (Wildman–Crippen LogP) is 3.48. The van der Waals surface area contributed by atoms with Gasteiger partial charge in [-0.3, -0.25) is 9.59 Å². The molecule has 2 aliphatic rings. The second kappa shape index (κ2) is 7.59. The average Bonchev–Trinajstić information content (AvgIpc) is 2.50. The normalized spacial score (nSPS) is 22.1. The van der Waals surface area contributed by atoms with Gasteiger partial charge in [-0.25, -0.2) is 0 Å². The van der Waals surface area contributed by atoms with E-state index in [4.69, 9.17) is 9.84 Å². The van der Waals surface area contributed by atoms with Crippen LogP contribution in [0.3, 0.4) is 0 Å². The minimum Gasteiger partial charge on any atom is -0.492 e. The molecular formula is C18H20O4. The van der Waals surface area contributed by atoms with E-state index in [9.17, 15) is 9.59 Å². The van der Waals surface area contributed by atoms with E-state index < -0.39 is 5.97 Å². The average molecular weight is 300 g/mol. The van der Waals surface area contributed by atoms with Crippen LogP contribution in [0.15, 0.2) is 59.4 Å². The number of carbonyl (C=O) groups excluding carboxylic acids is 1. The summed E-state index contributed by atoms with van der Waals surface area (Å²) < 4.78 is 5.70. The molecule has 4 nitrogen and oxygen atoms in total. The summed E-state index contributed by atoms with van der Waals surface area (Å²) in [5.74, 6) is -0.450. The Kier molecular flexibility index (Phi) is 5.53. The number of hydrogen-bond acceptors (Lipinski definition) is 3. The predicted molar refractivity (Wildman–Crippen MR) is 84.2 cm³/mol. The maximum atomic E-state index is 12.7. The van der Waals surface area contributed by atoms with Crippen LogP contribution < -0.4 is 0 Å². The number of ketones is 1. The number of allylic oxidation sites excluding steroid dienone is 7. The molecule has 1 N–H and O–H groups in total. The highest BCUT2D eigenvalue weighted by Gasteiger charge is 2.23. The Morgan fingerprint density at radius 2 is 2.14 bits per heavy atom. The summed E-state index contributed by atoms with van der Waals surface area (Å²) in [5.41, 5.74) is 2.23. The minimum absolute atomic E-state index is 0.0547. The first-order chi connectivity index (χ1) is 10.6. The van der Waals surface area contributed by atoms with Crippen molar-refractivity contribution in [2.45, 2.75) is 32.1 Å². The molecule has 2 rings (SSSR count). The van der Waals surface area contributed by atoms with Crippen LogP contribution in [0.1, 0.15) is 32.1 Å². The summed E-state index contributed by atoms with van der Waals surface area (Å²) >= 11 is 0. The SMILES string of the molecule is C=C/C1=C(\C=C/CCC(=O)O)OCCC2=CCCC=C2C1=O. The lowest BCUT2D eigenvalue weighted by Crippen LogP contribution is -2.16. The third-order valence-corrected chi connectivity index (χ3v) is 3.63. The largest absolute Gasteiger partial charge is 0.492 e. The van der Waals surface area contributed by atoms with E-state index in [0.717, 1.165) is 24.0 Å². The molecule has 0 aromatic heterocycles. The van der Waals surface area contributed by atoms with Gasteiger partial charge in [-0.2, -0.15) is 0 Å². The molecule has 1 aliphatic heterocycles. The van der Waals surface area contributed by atoms with Crippen LogP contribution in [0.5, 0.6) is 0 Å². The van der Waals surface area contributed by atoms with Crippen LogP contribution in [0.4, 0.5) is 0 Å². The number of carboxylic acid groups (broad SMARTS) is 1. The Morgan fingerprint density at radius 1 is 1.36 bits per heavy atom. The molecule has 0 spiro atoms. The zero-order valence-electron chi connectivity index (χ0n) is 12.5. The fourth-order valence-corrected chi connectivity index (χ4v) is 2.54. The second-order valence-electron chi connectivity index (χ2n) is 5.17. The number of carboxylic acids is 1. The van der Waals surface area contributed by atoms with Crippen molar-refractivity contribution < 1.29 is 19.4 Å². The van der Waals surface area contributed by atoms with Crippen LogP contribution in [-0.2, 0) is 14.3 Å². The maximum Gasteiger partial charge on any atom is 0.303 e. The molecule has 0 aromatic rings. The molecular weight excluding hydrogens is 280 g/mol. The van der Waals surface area contributed by atoms with E-state index in [1.165, 1.54) is 6.08 Å². The van der Waals surface area contributed by atoms with E-state index in [0.29, 0.717) is 30.8 Å². The smallest absolute Gasteiger partial charge is 0.303 e. The first kappa shape index (κ1) is 16.0. The minimum atomic E-state index is -0.848. The monoisotopic (exact) mass is 300 g/mol. The zero-order valence-corrected chi connectivity index (χ0v) is 12.5. The van der Waals surface area contributed by atoms with Gasteiger partial charge in [0.1, 0.15) is 5.76 Å². The van der Waals surface area contributed by atoms with Crippen molar-refractivity contribution >= 4 is 11.8 Å². The fraction of sp³-hybridized carbons (Fsp3) is 0.333. The Hall–Kier alpha value is -2.36. The number of Topliss-reactive ketones (excluding diaryl/α,β-unsaturated/α-hetero) is 1. The number of hydrogen-bond donors (Lipinski definition) is 1. The van der Waals surface area contributed by atoms with E-state index in [1.54, 1.807) is 12.2 Å².